The van der Waals surface area contributed by atoms with E-state index in [4.69, 9.17) is 4.74 Å². The number of pyridine rings is 1. The Hall–Kier alpha value is -2.08. The van der Waals surface area contributed by atoms with Crippen LogP contribution in [0.5, 0.6) is 0 Å². The number of hydrogen-bond donors (Lipinski definition) is 1. The van der Waals surface area contributed by atoms with E-state index in [1.807, 2.05) is 7.05 Å². The van der Waals surface area contributed by atoms with Gasteiger partial charge in [0.05, 0.1) is 24.0 Å². The first-order valence-electron chi connectivity index (χ1n) is 9.73. The average Bonchev–Trinajstić information content (AvgIpc) is 3.35. The maximum atomic E-state index is 12.6. The van der Waals surface area contributed by atoms with Crippen molar-refractivity contribution in [1.82, 2.24) is 29.1 Å². The quantitative estimate of drug-likeness (QED) is 0.716. The Morgan fingerprint density at radius 2 is 2.14 bits per heavy atom. The number of piperazine rings is 1. The van der Waals surface area contributed by atoms with E-state index in [1.165, 1.54) is 10.6 Å². The zero-order valence-corrected chi connectivity index (χ0v) is 17.4. The maximum Gasteiger partial charge on any atom is 0.252 e. The van der Waals surface area contributed by atoms with Crippen LogP contribution in [0.4, 0.5) is 0 Å². The molecule has 2 atom stereocenters. The van der Waals surface area contributed by atoms with Crippen molar-refractivity contribution >= 4 is 21.6 Å². The van der Waals surface area contributed by atoms with E-state index in [2.05, 4.69) is 20.4 Å². The van der Waals surface area contributed by atoms with E-state index in [1.54, 1.807) is 22.7 Å². The number of nitrogens with zero attached hydrogens (tertiary/aromatic N) is 5. The molecule has 11 heteroatoms. The average molecular weight is 423 g/mol. The number of ether oxygens (including phenoxy) is 1. The number of rotatable bonds is 5. The number of nitrogens with one attached hydrogen (secondary N) is 1. The molecule has 10 nitrogen and oxygen atoms in total. The van der Waals surface area contributed by atoms with Gasteiger partial charge in [-0.1, -0.05) is 0 Å². The number of carbonyl (C=O) groups is 1. The number of carbonyl (C=O) groups excluding carboxylic acids is 1. The van der Waals surface area contributed by atoms with Crippen molar-refractivity contribution in [3.8, 4) is 0 Å². The maximum absolute atomic E-state index is 12.6. The van der Waals surface area contributed by atoms with Gasteiger partial charge in [-0.3, -0.25) is 14.1 Å². The second-order valence-electron chi connectivity index (χ2n) is 7.67. The molecule has 4 heterocycles. The van der Waals surface area contributed by atoms with Gasteiger partial charge >= 0.3 is 0 Å². The van der Waals surface area contributed by atoms with E-state index in [0.29, 0.717) is 43.2 Å². The number of fused-ring (bicyclic) bond motifs is 1. The molecule has 0 spiro atoms. The van der Waals surface area contributed by atoms with Crippen LogP contribution >= 0.6 is 0 Å². The molecule has 29 heavy (non-hydrogen) atoms. The third kappa shape index (κ3) is 4.27. The van der Waals surface area contributed by atoms with Crippen LogP contribution in [0.25, 0.3) is 5.65 Å². The molecule has 0 saturated carbocycles. The number of amides is 1. The molecular formula is C18H26N6O4S. The summed E-state index contributed by atoms with van der Waals surface area (Å²) in [6, 6.07) is 3.21. The van der Waals surface area contributed by atoms with Crippen LogP contribution in [0.15, 0.2) is 18.3 Å². The summed E-state index contributed by atoms with van der Waals surface area (Å²) in [7, 11) is -1.36. The number of likely N-dealkylation sites (N-methyl/N-ethyl adjacent to an activating group) is 1. The van der Waals surface area contributed by atoms with Crippen LogP contribution in [0.1, 0.15) is 35.1 Å². The number of hydrogen-bond acceptors (Lipinski definition) is 7. The fraction of sp³-hybridized carbons (Fsp3) is 0.611. The van der Waals surface area contributed by atoms with Crippen molar-refractivity contribution in [2.24, 2.45) is 0 Å². The molecule has 1 N–H and O–H groups in total. The van der Waals surface area contributed by atoms with E-state index < -0.39 is 10.0 Å². The summed E-state index contributed by atoms with van der Waals surface area (Å²) in [5.41, 5.74) is 1.11. The van der Waals surface area contributed by atoms with E-state index in [9.17, 15) is 13.2 Å². The Balaban J connectivity index is 1.57. The highest BCUT2D eigenvalue weighted by atomic mass is 32.2. The predicted octanol–water partition coefficient (Wildman–Crippen LogP) is -0.114. The van der Waals surface area contributed by atoms with Gasteiger partial charge in [-0.25, -0.2) is 8.42 Å². The summed E-state index contributed by atoms with van der Waals surface area (Å²) in [6.45, 7) is 2.57. The summed E-state index contributed by atoms with van der Waals surface area (Å²) in [4.78, 5) is 14.6. The van der Waals surface area contributed by atoms with Crippen molar-refractivity contribution in [1.29, 1.82) is 0 Å². The highest BCUT2D eigenvalue weighted by Gasteiger charge is 2.33. The Morgan fingerprint density at radius 1 is 1.31 bits per heavy atom. The minimum Gasteiger partial charge on any atom is -0.376 e. The smallest absolute Gasteiger partial charge is 0.252 e. The molecule has 0 radical (unpaired) electrons. The van der Waals surface area contributed by atoms with Gasteiger partial charge in [0, 0.05) is 39.0 Å². The fourth-order valence-electron chi connectivity index (χ4n) is 3.81. The normalized spacial score (nSPS) is 24.2. The zero-order valence-electron chi connectivity index (χ0n) is 16.6. The summed E-state index contributed by atoms with van der Waals surface area (Å²) < 4.78 is 32.8. The summed E-state index contributed by atoms with van der Waals surface area (Å²) >= 11 is 0. The molecule has 158 valence electrons. The SMILES string of the molecule is CN1CCN(S(C)(=O)=O)C[C@@H]1c1nnc2ccc(C(=O)NC[C@@H]3CCCO3)cn12. The van der Waals surface area contributed by atoms with Gasteiger partial charge < -0.3 is 10.1 Å². The van der Waals surface area contributed by atoms with Gasteiger partial charge in [0.25, 0.3) is 5.91 Å². The molecule has 2 saturated heterocycles. The van der Waals surface area contributed by atoms with Gasteiger partial charge in [-0.2, -0.15) is 4.31 Å². The van der Waals surface area contributed by atoms with Crippen LogP contribution in [0.2, 0.25) is 0 Å². The van der Waals surface area contributed by atoms with Gasteiger partial charge in [-0.15, -0.1) is 10.2 Å². The fourth-order valence-corrected chi connectivity index (χ4v) is 4.64. The lowest BCUT2D eigenvalue weighted by Crippen LogP contribution is -2.49. The van der Waals surface area contributed by atoms with E-state index >= 15 is 0 Å². The molecule has 2 aromatic heterocycles. The first-order chi connectivity index (χ1) is 13.8. The van der Waals surface area contributed by atoms with Crippen molar-refractivity contribution in [2.75, 3.05) is 46.1 Å². The molecule has 4 rings (SSSR count). The summed E-state index contributed by atoms with van der Waals surface area (Å²) in [5.74, 6) is 0.432. The molecule has 0 unspecified atom stereocenters. The van der Waals surface area contributed by atoms with Crippen LogP contribution in [0, 0.1) is 0 Å². The minimum absolute atomic E-state index is 0.0750. The molecule has 0 bridgehead atoms. The van der Waals surface area contributed by atoms with Crippen molar-refractivity contribution in [2.45, 2.75) is 25.0 Å². The lowest BCUT2D eigenvalue weighted by atomic mass is 10.2. The van der Waals surface area contributed by atoms with Crippen molar-refractivity contribution in [3.05, 3.63) is 29.7 Å². The second kappa shape index (κ2) is 7.98. The third-order valence-electron chi connectivity index (χ3n) is 5.58. The molecule has 0 aliphatic carbocycles. The predicted molar refractivity (Wildman–Crippen MR) is 106 cm³/mol. The molecule has 2 aliphatic rings. The molecule has 2 aliphatic heterocycles. The molecule has 2 aromatic rings. The van der Waals surface area contributed by atoms with Crippen LogP contribution in [0.3, 0.4) is 0 Å². The number of aromatic nitrogens is 3. The minimum atomic E-state index is -3.29. The first-order valence-corrected chi connectivity index (χ1v) is 11.6. The van der Waals surface area contributed by atoms with Gasteiger partial charge in [0.1, 0.15) is 0 Å². The van der Waals surface area contributed by atoms with Crippen LogP contribution < -0.4 is 5.32 Å². The van der Waals surface area contributed by atoms with Gasteiger partial charge in [-0.05, 0) is 32.0 Å². The number of sulfonamides is 1. The lowest BCUT2D eigenvalue weighted by molar-refractivity contribution is 0.0857. The van der Waals surface area contributed by atoms with E-state index in [-0.39, 0.29) is 18.1 Å². The van der Waals surface area contributed by atoms with Crippen molar-refractivity contribution in [3.63, 3.8) is 0 Å². The van der Waals surface area contributed by atoms with Crippen molar-refractivity contribution < 1.29 is 17.9 Å². The Labute approximate surface area is 169 Å². The summed E-state index contributed by atoms with van der Waals surface area (Å²) in [5, 5.41) is 11.4. The molecule has 0 aromatic carbocycles. The Bertz CT molecular complexity index is 1000. The standard InChI is InChI=1S/C18H26N6O4S/c1-22-7-8-23(29(2,26)27)12-15(22)17-21-20-16-6-5-13(11-24(16)17)18(25)19-10-14-4-3-9-28-14/h5-6,11,14-15H,3-4,7-10,12H2,1-2H3,(H,19,25)/t14-,15+/m0/s1. The van der Waals surface area contributed by atoms with Crippen LogP contribution in [-0.4, -0.2) is 90.3 Å². The third-order valence-corrected chi connectivity index (χ3v) is 6.85. The zero-order chi connectivity index (χ0) is 20.6. The molecule has 2 fully saturated rings. The largest absolute Gasteiger partial charge is 0.376 e. The first kappa shape index (κ1) is 20.2. The monoisotopic (exact) mass is 422 g/mol. The summed E-state index contributed by atoms with van der Waals surface area (Å²) in [6.07, 6.45) is 4.98. The Morgan fingerprint density at radius 3 is 2.86 bits per heavy atom. The van der Waals surface area contributed by atoms with Gasteiger partial charge in [0.15, 0.2) is 11.5 Å². The highest BCUT2D eigenvalue weighted by Crippen LogP contribution is 2.24. The molecule has 1 amide bonds. The van der Waals surface area contributed by atoms with Crippen LogP contribution in [-0.2, 0) is 14.8 Å². The second-order valence-corrected chi connectivity index (χ2v) is 9.65. The van der Waals surface area contributed by atoms with E-state index in [0.717, 1.165) is 19.4 Å². The highest BCUT2D eigenvalue weighted by molar-refractivity contribution is 7.88. The van der Waals surface area contributed by atoms with Gasteiger partial charge in [0.2, 0.25) is 10.0 Å². The Kier molecular flexibility index (Phi) is 5.56. The lowest BCUT2D eigenvalue weighted by Gasteiger charge is -2.37. The molecular weight excluding hydrogens is 396 g/mol. The topological polar surface area (TPSA) is 109 Å².